The van der Waals surface area contributed by atoms with Gasteiger partial charge in [-0.2, -0.15) is 0 Å². The van der Waals surface area contributed by atoms with Crippen LogP contribution in [0.4, 0.5) is 5.69 Å². The highest BCUT2D eigenvalue weighted by molar-refractivity contribution is 6.06. The lowest BCUT2D eigenvalue weighted by Gasteiger charge is -2.06. The lowest BCUT2D eigenvalue weighted by Crippen LogP contribution is -1.99. The minimum atomic E-state index is 0.559. The molecule has 3 rings (SSSR count). The molecule has 124 valence electrons. The average molecular weight is 310 g/mol. The smallest absolute Gasteiger partial charge is 0.0672 e. The minimum Gasteiger partial charge on any atom is -0.333 e. The molecule has 0 amide bonds. The molecular formula is C21H30N2. The lowest BCUT2D eigenvalue weighted by molar-refractivity contribution is 0.866. The fourth-order valence-corrected chi connectivity index (χ4v) is 2.47. The van der Waals surface area contributed by atoms with Crippen LogP contribution < -0.4 is 5.73 Å². The molecule has 2 aromatic rings. The van der Waals surface area contributed by atoms with Crippen molar-refractivity contribution in [3.63, 3.8) is 0 Å². The van der Waals surface area contributed by atoms with E-state index in [9.17, 15) is 0 Å². The van der Waals surface area contributed by atoms with Crippen LogP contribution in [0.1, 0.15) is 55.9 Å². The Balaban J connectivity index is 0.000000615. The van der Waals surface area contributed by atoms with Crippen molar-refractivity contribution in [2.45, 2.75) is 47.0 Å². The van der Waals surface area contributed by atoms with Crippen LogP contribution in [0.15, 0.2) is 47.5 Å². The highest BCUT2D eigenvalue weighted by atomic mass is 14.8. The van der Waals surface area contributed by atoms with E-state index in [1.165, 1.54) is 35.0 Å². The van der Waals surface area contributed by atoms with E-state index in [1.807, 2.05) is 13.8 Å². The third kappa shape index (κ3) is 4.77. The molecule has 2 nitrogen and oxygen atoms in total. The van der Waals surface area contributed by atoms with Gasteiger partial charge in [-0.05, 0) is 42.6 Å². The van der Waals surface area contributed by atoms with Crippen molar-refractivity contribution in [2.75, 3.05) is 7.05 Å². The molecule has 1 aliphatic heterocycles. The predicted molar refractivity (Wildman–Crippen MR) is 103 cm³/mol. The number of benzene rings is 2. The van der Waals surface area contributed by atoms with Crippen molar-refractivity contribution in [3.05, 3.63) is 64.7 Å². The molecule has 0 bridgehead atoms. The number of aryl methyl sites for hydroxylation is 1. The molecule has 0 spiro atoms. The molecule has 2 heteroatoms. The predicted octanol–water partition coefficient (Wildman–Crippen LogP) is 5.40. The number of hydrogen-bond donors (Lipinski definition) is 1. The number of fused-ring (bicyclic) bond motifs is 1. The van der Waals surface area contributed by atoms with Gasteiger partial charge in [-0.25, -0.2) is 0 Å². The molecule has 1 aliphatic rings. The lowest BCUT2D eigenvalue weighted by atomic mass is 9.99. The molecule has 0 aliphatic carbocycles. The summed E-state index contributed by atoms with van der Waals surface area (Å²) in [4.78, 5) is 4.81. The Labute approximate surface area is 141 Å². The summed E-state index contributed by atoms with van der Waals surface area (Å²) in [6.45, 7) is 10.6. The molecule has 0 atom stereocenters. The van der Waals surface area contributed by atoms with E-state index in [4.69, 9.17) is 4.99 Å². The van der Waals surface area contributed by atoms with Crippen LogP contribution in [0.25, 0.3) is 0 Å². The van der Waals surface area contributed by atoms with Crippen molar-refractivity contribution in [3.8, 4) is 0 Å². The fourth-order valence-electron chi connectivity index (χ4n) is 2.47. The van der Waals surface area contributed by atoms with Crippen LogP contribution in [0.2, 0.25) is 0 Å². The SMILES string of the molecule is CC.CN.Cc1ccc(C2=Nc3cc(C(C)C)ccc3C2)cc1. The largest absolute Gasteiger partial charge is 0.333 e. The van der Waals surface area contributed by atoms with E-state index >= 15 is 0 Å². The molecule has 0 unspecified atom stereocenters. The van der Waals surface area contributed by atoms with Crippen LogP contribution >= 0.6 is 0 Å². The summed E-state index contributed by atoms with van der Waals surface area (Å²) < 4.78 is 0. The van der Waals surface area contributed by atoms with E-state index in [-0.39, 0.29) is 0 Å². The van der Waals surface area contributed by atoms with Gasteiger partial charge < -0.3 is 5.73 Å². The van der Waals surface area contributed by atoms with Gasteiger partial charge in [-0.3, -0.25) is 4.99 Å². The van der Waals surface area contributed by atoms with Crippen LogP contribution in [0.5, 0.6) is 0 Å². The second-order valence-electron chi connectivity index (χ2n) is 5.64. The molecule has 0 saturated heterocycles. The second-order valence-corrected chi connectivity index (χ2v) is 5.64. The molecule has 2 aromatic carbocycles. The Morgan fingerprint density at radius 1 is 0.957 bits per heavy atom. The normalized spacial score (nSPS) is 11.7. The van der Waals surface area contributed by atoms with Crippen molar-refractivity contribution in [2.24, 2.45) is 10.7 Å². The van der Waals surface area contributed by atoms with E-state index in [0.717, 1.165) is 12.1 Å². The van der Waals surface area contributed by atoms with Crippen LogP contribution in [-0.4, -0.2) is 12.8 Å². The number of hydrogen-bond acceptors (Lipinski definition) is 2. The Bertz CT molecular complexity index is 637. The summed E-state index contributed by atoms with van der Waals surface area (Å²) in [5, 5.41) is 0. The monoisotopic (exact) mass is 310 g/mol. The number of rotatable bonds is 2. The molecule has 0 saturated carbocycles. The molecule has 2 N–H and O–H groups in total. The summed E-state index contributed by atoms with van der Waals surface area (Å²) in [6, 6.07) is 15.3. The molecule has 1 heterocycles. The third-order valence-electron chi connectivity index (χ3n) is 3.77. The Morgan fingerprint density at radius 3 is 2.13 bits per heavy atom. The zero-order chi connectivity index (χ0) is 17.4. The van der Waals surface area contributed by atoms with Gasteiger partial charge in [0.05, 0.1) is 11.4 Å². The van der Waals surface area contributed by atoms with Crippen molar-refractivity contribution in [1.82, 2.24) is 0 Å². The van der Waals surface area contributed by atoms with Crippen LogP contribution in [0, 0.1) is 6.92 Å². The highest BCUT2D eigenvalue weighted by Gasteiger charge is 2.16. The first-order valence-corrected chi connectivity index (χ1v) is 8.48. The van der Waals surface area contributed by atoms with Gasteiger partial charge in [0.1, 0.15) is 0 Å². The maximum atomic E-state index is 4.81. The van der Waals surface area contributed by atoms with E-state index < -0.39 is 0 Å². The molecule has 0 radical (unpaired) electrons. The number of nitrogens with two attached hydrogens (primary N) is 1. The Kier molecular flexibility index (Phi) is 7.70. The van der Waals surface area contributed by atoms with Gasteiger partial charge in [0.15, 0.2) is 0 Å². The summed E-state index contributed by atoms with van der Waals surface area (Å²) in [5.41, 5.74) is 12.1. The van der Waals surface area contributed by atoms with Gasteiger partial charge >= 0.3 is 0 Å². The highest BCUT2D eigenvalue weighted by Crippen LogP contribution is 2.31. The first-order valence-electron chi connectivity index (χ1n) is 8.48. The third-order valence-corrected chi connectivity index (χ3v) is 3.77. The van der Waals surface area contributed by atoms with Crippen LogP contribution in [0.3, 0.4) is 0 Å². The first kappa shape index (κ1) is 19.1. The molecule has 0 aromatic heterocycles. The van der Waals surface area contributed by atoms with Crippen molar-refractivity contribution >= 4 is 11.4 Å². The quantitative estimate of drug-likeness (QED) is 0.792. The van der Waals surface area contributed by atoms with Gasteiger partial charge in [-0.15, -0.1) is 0 Å². The Hall–Kier alpha value is -1.93. The summed E-state index contributed by atoms with van der Waals surface area (Å²) in [6.07, 6.45) is 0.955. The summed E-state index contributed by atoms with van der Waals surface area (Å²) in [7, 11) is 1.50. The van der Waals surface area contributed by atoms with Crippen LogP contribution in [-0.2, 0) is 6.42 Å². The average Bonchev–Trinajstić information content (AvgIpc) is 3.02. The minimum absolute atomic E-state index is 0.559. The number of aliphatic imine (C=N–C) groups is 1. The van der Waals surface area contributed by atoms with E-state index in [1.54, 1.807) is 0 Å². The fraction of sp³-hybridized carbons (Fsp3) is 0.381. The van der Waals surface area contributed by atoms with E-state index in [0.29, 0.717) is 5.92 Å². The molecular weight excluding hydrogens is 280 g/mol. The standard InChI is InChI=1S/C18H19N.C2H6.CH5N/c1-12(2)15-8-9-16-11-17(19-18(16)10-15)14-6-4-13(3)5-7-14;2*1-2/h4-10,12H,11H2,1-3H3;1-2H3;2H2,1H3. The van der Waals surface area contributed by atoms with Gasteiger partial charge in [0.25, 0.3) is 0 Å². The maximum absolute atomic E-state index is 4.81. The number of nitrogens with zero attached hydrogens (tertiary/aromatic N) is 1. The summed E-state index contributed by atoms with van der Waals surface area (Å²) >= 11 is 0. The first-order chi connectivity index (χ1) is 11.1. The van der Waals surface area contributed by atoms with E-state index in [2.05, 4.69) is 69.0 Å². The zero-order valence-corrected chi connectivity index (χ0v) is 15.4. The zero-order valence-electron chi connectivity index (χ0n) is 15.4. The van der Waals surface area contributed by atoms with Gasteiger partial charge in [-0.1, -0.05) is 69.7 Å². The molecule has 0 fully saturated rings. The van der Waals surface area contributed by atoms with Gasteiger partial charge in [0, 0.05) is 6.42 Å². The maximum Gasteiger partial charge on any atom is 0.0672 e. The topological polar surface area (TPSA) is 38.4 Å². The Morgan fingerprint density at radius 2 is 1.57 bits per heavy atom. The van der Waals surface area contributed by atoms with Gasteiger partial charge in [0.2, 0.25) is 0 Å². The summed E-state index contributed by atoms with van der Waals surface area (Å²) in [5.74, 6) is 0.559. The second kappa shape index (κ2) is 9.26. The molecule has 23 heavy (non-hydrogen) atoms. The van der Waals surface area contributed by atoms with Crippen molar-refractivity contribution < 1.29 is 0 Å². The van der Waals surface area contributed by atoms with Crippen molar-refractivity contribution in [1.29, 1.82) is 0 Å².